The average molecular weight is 471 g/mol. The van der Waals surface area contributed by atoms with Crippen molar-refractivity contribution in [3.63, 3.8) is 0 Å². The number of hydrogen-bond acceptors (Lipinski definition) is 3. The average Bonchev–Trinajstić information content (AvgIpc) is 3.21. The molecule has 0 amide bonds. The van der Waals surface area contributed by atoms with E-state index in [2.05, 4.69) is 46.3 Å². The highest BCUT2D eigenvalue weighted by atomic mass is 19.1. The number of benzene rings is 3. The normalized spacial score (nSPS) is 24.2. The third kappa shape index (κ3) is 3.74. The van der Waals surface area contributed by atoms with Crippen molar-refractivity contribution in [1.29, 1.82) is 0 Å². The summed E-state index contributed by atoms with van der Waals surface area (Å²) in [5.41, 5.74) is 4.05. The highest BCUT2D eigenvalue weighted by molar-refractivity contribution is 5.85. The van der Waals surface area contributed by atoms with E-state index in [0.717, 1.165) is 59.4 Å². The molecule has 35 heavy (non-hydrogen) atoms. The number of aromatic amines is 1. The molecule has 0 radical (unpaired) electrons. The highest BCUT2D eigenvalue weighted by Crippen LogP contribution is 2.51. The van der Waals surface area contributed by atoms with Gasteiger partial charge in [-0.3, -0.25) is 0 Å². The SMILES string of the molecule is COc1cccc([C@@]23CCN(CCc4ccccc4)C[C@@]2(O)Cc2c([nH]c4cc(F)ccc24)C3)c1. The zero-order chi connectivity index (χ0) is 24.0. The van der Waals surface area contributed by atoms with Gasteiger partial charge in [-0.1, -0.05) is 42.5 Å². The first-order valence-electron chi connectivity index (χ1n) is 12.4. The van der Waals surface area contributed by atoms with Crippen LogP contribution in [-0.2, 0) is 24.7 Å². The number of methoxy groups -OCH3 is 1. The second-order valence-electron chi connectivity index (χ2n) is 10.2. The van der Waals surface area contributed by atoms with Gasteiger partial charge in [-0.15, -0.1) is 0 Å². The third-order valence-corrected chi connectivity index (χ3v) is 8.32. The summed E-state index contributed by atoms with van der Waals surface area (Å²) in [6.07, 6.45) is 3.02. The van der Waals surface area contributed by atoms with E-state index >= 15 is 0 Å². The molecule has 1 saturated heterocycles. The third-order valence-electron chi connectivity index (χ3n) is 8.32. The Labute approximate surface area is 205 Å². The number of ether oxygens (including phenoxy) is 1. The number of rotatable bonds is 5. The molecule has 1 aliphatic heterocycles. The van der Waals surface area contributed by atoms with Gasteiger partial charge in [0.2, 0.25) is 0 Å². The van der Waals surface area contributed by atoms with Crippen LogP contribution in [0.2, 0.25) is 0 Å². The van der Waals surface area contributed by atoms with E-state index in [1.54, 1.807) is 13.2 Å². The van der Waals surface area contributed by atoms with E-state index < -0.39 is 11.0 Å². The van der Waals surface area contributed by atoms with Crippen LogP contribution in [0.3, 0.4) is 0 Å². The van der Waals surface area contributed by atoms with Crippen LogP contribution in [0.25, 0.3) is 10.9 Å². The number of aliphatic hydroxyl groups is 1. The molecular weight excluding hydrogens is 439 g/mol. The molecule has 3 aromatic carbocycles. The Morgan fingerprint density at radius 1 is 1.03 bits per heavy atom. The van der Waals surface area contributed by atoms with Gasteiger partial charge in [0.05, 0.1) is 12.7 Å². The van der Waals surface area contributed by atoms with Crippen molar-refractivity contribution < 1.29 is 14.2 Å². The number of fused-ring (bicyclic) bond motifs is 4. The van der Waals surface area contributed by atoms with Crippen LogP contribution in [0.4, 0.5) is 4.39 Å². The first-order chi connectivity index (χ1) is 17.0. The van der Waals surface area contributed by atoms with Crippen LogP contribution >= 0.6 is 0 Å². The van der Waals surface area contributed by atoms with Crippen molar-refractivity contribution in [3.05, 3.63) is 101 Å². The van der Waals surface area contributed by atoms with Crippen LogP contribution in [0, 0.1) is 5.82 Å². The van der Waals surface area contributed by atoms with Crippen molar-refractivity contribution in [1.82, 2.24) is 9.88 Å². The number of hydrogen-bond donors (Lipinski definition) is 2. The predicted octanol–water partition coefficient (Wildman–Crippen LogP) is 5.03. The lowest BCUT2D eigenvalue weighted by molar-refractivity contribution is -0.102. The molecule has 2 atom stereocenters. The first-order valence-corrected chi connectivity index (χ1v) is 12.4. The van der Waals surface area contributed by atoms with Crippen molar-refractivity contribution in [2.24, 2.45) is 0 Å². The molecule has 4 nitrogen and oxygen atoms in total. The highest BCUT2D eigenvalue weighted by Gasteiger charge is 2.57. The Morgan fingerprint density at radius 2 is 1.89 bits per heavy atom. The van der Waals surface area contributed by atoms with Gasteiger partial charge in [0.1, 0.15) is 11.6 Å². The smallest absolute Gasteiger partial charge is 0.125 e. The Morgan fingerprint density at radius 3 is 2.71 bits per heavy atom. The van der Waals surface area contributed by atoms with Gasteiger partial charge in [-0.05, 0) is 66.4 Å². The number of halogens is 1. The Kier molecular flexibility index (Phi) is 5.42. The molecule has 2 aliphatic rings. The molecule has 1 aromatic heterocycles. The van der Waals surface area contributed by atoms with Gasteiger partial charge >= 0.3 is 0 Å². The van der Waals surface area contributed by atoms with E-state index in [4.69, 9.17) is 4.74 Å². The van der Waals surface area contributed by atoms with Crippen LogP contribution in [0.5, 0.6) is 5.75 Å². The van der Waals surface area contributed by atoms with Crippen molar-refractivity contribution >= 4 is 10.9 Å². The fourth-order valence-corrected chi connectivity index (χ4v) is 6.45. The minimum atomic E-state index is -0.954. The van der Waals surface area contributed by atoms with Gasteiger partial charge in [-0.25, -0.2) is 4.39 Å². The second-order valence-corrected chi connectivity index (χ2v) is 10.2. The molecular formula is C30H31FN2O2. The number of likely N-dealkylation sites (tertiary alicyclic amines) is 1. The molecule has 4 aromatic rings. The van der Waals surface area contributed by atoms with Crippen LogP contribution < -0.4 is 4.74 Å². The van der Waals surface area contributed by atoms with Crippen molar-refractivity contribution in [2.75, 3.05) is 26.7 Å². The summed E-state index contributed by atoms with van der Waals surface area (Å²) in [5, 5.41) is 13.5. The molecule has 6 rings (SSSR count). The summed E-state index contributed by atoms with van der Waals surface area (Å²) in [4.78, 5) is 5.90. The van der Waals surface area contributed by atoms with Gasteiger partial charge in [0.15, 0.2) is 0 Å². The zero-order valence-electron chi connectivity index (χ0n) is 20.1. The van der Waals surface area contributed by atoms with Crippen LogP contribution in [0.1, 0.15) is 28.8 Å². The van der Waals surface area contributed by atoms with Gasteiger partial charge in [-0.2, -0.15) is 0 Å². The number of piperidine rings is 1. The second kappa shape index (κ2) is 8.51. The van der Waals surface area contributed by atoms with Crippen molar-refractivity contribution in [3.8, 4) is 5.75 Å². The number of nitrogens with one attached hydrogen (secondary N) is 1. The molecule has 0 unspecified atom stereocenters. The minimum Gasteiger partial charge on any atom is -0.497 e. The summed E-state index contributed by atoms with van der Waals surface area (Å²) in [6, 6.07) is 23.6. The van der Waals surface area contributed by atoms with Crippen LogP contribution in [0.15, 0.2) is 72.8 Å². The number of nitrogens with zero attached hydrogens (tertiary/aromatic N) is 1. The summed E-state index contributed by atoms with van der Waals surface area (Å²) < 4.78 is 19.5. The van der Waals surface area contributed by atoms with Crippen molar-refractivity contribution in [2.45, 2.75) is 36.7 Å². The van der Waals surface area contributed by atoms with E-state index in [1.807, 2.05) is 24.3 Å². The Bertz CT molecular complexity index is 1370. The molecule has 180 valence electrons. The maximum absolute atomic E-state index is 14.0. The fraction of sp³-hybridized carbons (Fsp3) is 0.333. The Hall–Kier alpha value is -3.15. The van der Waals surface area contributed by atoms with Crippen LogP contribution in [-0.4, -0.2) is 47.3 Å². The minimum absolute atomic E-state index is 0.248. The standard InChI is InChI=1S/C30H31FN2O2/c1-35-24-9-5-8-22(16-24)29-13-15-33(14-12-21-6-3-2-4-7-21)20-30(29,34)18-26-25-11-10-23(31)17-27(25)32-28(26)19-29/h2-11,16-17,32,34H,12-15,18-20H2,1H3/t29-,30-/m0/s1. The predicted molar refractivity (Wildman–Crippen MR) is 136 cm³/mol. The molecule has 0 spiro atoms. The van der Waals surface area contributed by atoms with E-state index in [1.165, 1.54) is 11.6 Å². The quantitative estimate of drug-likeness (QED) is 0.430. The topological polar surface area (TPSA) is 48.5 Å². The molecule has 0 saturated carbocycles. The summed E-state index contributed by atoms with van der Waals surface area (Å²) in [6.45, 7) is 2.42. The largest absolute Gasteiger partial charge is 0.497 e. The number of β-amino-alcohol motifs (C(OH)–C–C–N with tert-alkyl or cyclic N) is 1. The summed E-state index contributed by atoms with van der Waals surface area (Å²) in [7, 11) is 1.68. The number of H-pyrrole nitrogens is 1. The summed E-state index contributed by atoms with van der Waals surface area (Å²) in [5.74, 6) is 0.553. The molecule has 1 fully saturated rings. The molecule has 5 heteroatoms. The number of aromatic nitrogens is 1. The monoisotopic (exact) mass is 470 g/mol. The maximum atomic E-state index is 14.0. The molecule has 2 heterocycles. The lowest BCUT2D eigenvalue weighted by Crippen LogP contribution is -2.66. The van der Waals surface area contributed by atoms with Gasteiger partial charge in [0.25, 0.3) is 0 Å². The summed E-state index contributed by atoms with van der Waals surface area (Å²) >= 11 is 0. The maximum Gasteiger partial charge on any atom is 0.125 e. The zero-order valence-corrected chi connectivity index (χ0v) is 20.1. The fourth-order valence-electron chi connectivity index (χ4n) is 6.45. The lowest BCUT2D eigenvalue weighted by atomic mass is 9.56. The Balaban J connectivity index is 1.40. The van der Waals surface area contributed by atoms with Gasteiger partial charge in [0, 0.05) is 47.9 Å². The van der Waals surface area contributed by atoms with E-state index in [-0.39, 0.29) is 5.82 Å². The van der Waals surface area contributed by atoms with E-state index in [0.29, 0.717) is 19.4 Å². The molecule has 1 aliphatic carbocycles. The van der Waals surface area contributed by atoms with Gasteiger partial charge < -0.3 is 19.7 Å². The molecule has 2 N–H and O–H groups in total. The molecule has 0 bridgehead atoms. The first kappa shape index (κ1) is 22.3. The lowest BCUT2D eigenvalue weighted by Gasteiger charge is -2.56. The van der Waals surface area contributed by atoms with E-state index in [9.17, 15) is 9.50 Å².